The van der Waals surface area contributed by atoms with Crippen LogP contribution in [-0.4, -0.2) is 5.78 Å². The standard InChI is InChI=1S/C11H14O/c1-11(2)9-7-4-3-6(5-7)8(9)10(11)12/h3-4,6-9H,5H2,1-2H3. The van der Waals surface area contributed by atoms with E-state index >= 15 is 0 Å². The van der Waals surface area contributed by atoms with Crippen LogP contribution in [0.3, 0.4) is 0 Å². The maximum atomic E-state index is 11.7. The van der Waals surface area contributed by atoms with Gasteiger partial charge in [-0.2, -0.15) is 0 Å². The fraction of sp³-hybridized carbons (Fsp3) is 0.727. The summed E-state index contributed by atoms with van der Waals surface area (Å²) in [4.78, 5) is 11.7. The lowest BCUT2D eigenvalue weighted by atomic mass is 9.51. The van der Waals surface area contributed by atoms with Crippen molar-refractivity contribution in [2.24, 2.45) is 29.1 Å². The molecular formula is C11H14O. The average molecular weight is 162 g/mol. The summed E-state index contributed by atoms with van der Waals surface area (Å²) in [6, 6.07) is 0. The molecule has 1 nitrogen and oxygen atoms in total. The molecule has 0 saturated heterocycles. The van der Waals surface area contributed by atoms with Crippen LogP contribution in [0, 0.1) is 29.1 Å². The first kappa shape index (κ1) is 6.88. The zero-order chi connectivity index (χ0) is 8.51. The van der Waals surface area contributed by atoms with Crippen molar-refractivity contribution in [2.75, 3.05) is 0 Å². The van der Waals surface area contributed by atoms with E-state index in [2.05, 4.69) is 26.0 Å². The zero-order valence-electron chi connectivity index (χ0n) is 7.58. The normalized spacial score (nSPS) is 52.3. The first-order chi connectivity index (χ1) is 5.62. The van der Waals surface area contributed by atoms with Gasteiger partial charge in [0.15, 0.2) is 0 Å². The molecule has 4 unspecified atom stereocenters. The summed E-state index contributed by atoms with van der Waals surface area (Å²) >= 11 is 0. The molecule has 0 N–H and O–H groups in total. The molecule has 0 aromatic carbocycles. The first-order valence-corrected chi connectivity index (χ1v) is 4.85. The fourth-order valence-electron chi connectivity index (χ4n) is 3.66. The Hall–Kier alpha value is -0.590. The van der Waals surface area contributed by atoms with Crippen LogP contribution in [0.25, 0.3) is 0 Å². The van der Waals surface area contributed by atoms with Gasteiger partial charge >= 0.3 is 0 Å². The average Bonchev–Trinajstić information content (AvgIpc) is 2.59. The van der Waals surface area contributed by atoms with Gasteiger partial charge in [-0.25, -0.2) is 0 Å². The molecule has 4 atom stereocenters. The molecule has 1 heteroatoms. The van der Waals surface area contributed by atoms with Crippen molar-refractivity contribution in [3.63, 3.8) is 0 Å². The summed E-state index contributed by atoms with van der Waals surface area (Å²) < 4.78 is 0. The van der Waals surface area contributed by atoms with E-state index in [-0.39, 0.29) is 5.41 Å². The second kappa shape index (κ2) is 1.68. The van der Waals surface area contributed by atoms with Gasteiger partial charge in [-0.1, -0.05) is 26.0 Å². The van der Waals surface area contributed by atoms with E-state index in [0.717, 1.165) is 5.92 Å². The van der Waals surface area contributed by atoms with E-state index < -0.39 is 0 Å². The highest BCUT2D eigenvalue weighted by Crippen LogP contribution is 2.63. The van der Waals surface area contributed by atoms with Crippen LogP contribution < -0.4 is 0 Å². The van der Waals surface area contributed by atoms with Crippen molar-refractivity contribution < 1.29 is 4.79 Å². The Kier molecular flexibility index (Phi) is 0.964. The van der Waals surface area contributed by atoms with Crippen molar-refractivity contribution >= 4 is 5.78 Å². The summed E-state index contributed by atoms with van der Waals surface area (Å²) in [5, 5.41) is 0. The molecule has 0 heterocycles. The van der Waals surface area contributed by atoms with Crippen LogP contribution in [0.4, 0.5) is 0 Å². The molecule has 3 aliphatic rings. The Morgan fingerprint density at radius 3 is 2.67 bits per heavy atom. The van der Waals surface area contributed by atoms with Crippen molar-refractivity contribution in [3.05, 3.63) is 12.2 Å². The number of hydrogen-bond donors (Lipinski definition) is 0. The summed E-state index contributed by atoms with van der Waals surface area (Å²) in [5.41, 5.74) is -0.00512. The monoisotopic (exact) mass is 162 g/mol. The Labute approximate surface area is 72.8 Å². The SMILES string of the molecule is CC1(C)C(=O)C2C3C=CC(C3)C21. The minimum atomic E-state index is -0.00512. The van der Waals surface area contributed by atoms with Gasteiger partial charge in [0, 0.05) is 11.3 Å². The molecule has 2 bridgehead atoms. The van der Waals surface area contributed by atoms with Crippen molar-refractivity contribution in [3.8, 4) is 0 Å². The molecular weight excluding hydrogens is 148 g/mol. The molecule has 64 valence electrons. The van der Waals surface area contributed by atoms with Crippen LogP contribution >= 0.6 is 0 Å². The molecule has 0 amide bonds. The summed E-state index contributed by atoms with van der Waals surface area (Å²) in [7, 11) is 0. The van der Waals surface area contributed by atoms with Crippen molar-refractivity contribution in [1.82, 2.24) is 0 Å². The summed E-state index contributed by atoms with van der Waals surface area (Å²) in [6.45, 7) is 4.23. The second-order valence-electron chi connectivity index (χ2n) is 5.09. The highest BCUT2D eigenvalue weighted by Gasteiger charge is 2.65. The topological polar surface area (TPSA) is 17.1 Å². The molecule has 12 heavy (non-hydrogen) atoms. The van der Waals surface area contributed by atoms with Crippen LogP contribution in [0.15, 0.2) is 12.2 Å². The number of Topliss-reactive ketones (excluding diaryl/α,β-unsaturated/α-hetero) is 1. The van der Waals surface area contributed by atoms with Gasteiger partial charge in [-0.05, 0) is 24.2 Å². The molecule has 0 aromatic rings. The lowest BCUT2D eigenvalue weighted by Gasteiger charge is -2.50. The van der Waals surface area contributed by atoms with E-state index in [1.54, 1.807) is 0 Å². The van der Waals surface area contributed by atoms with E-state index in [1.807, 2.05) is 0 Å². The Bertz CT molecular complexity index is 287. The summed E-state index contributed by atoms with van der Waals surface area (Å²) in [6.07, 6.45) is 5.85. The van der Waals surface area contributed by atoms with Crippen LogP contribution in [0.1, 0.15) is 20.3 Å². The maximum Gasteiger partial charge on any atom is 0.142 e. The minimum absolute atomic E-state index is 0.00512. The predicted molar refractivity (Wildman–Crippen MR) is 46.5 cm³/mol. The lowest BCUT2D eigenvalue weighted by Crippen LogP contribution is -2.55. The molecule has 2 saturated carbocycles. The lowest BCUT2D eigenvalue weighted by molar-refractivity contribution is -0.154. The first-order valence-electron chi connectivity index (χ1n) is 4.85. The van der Waals surface area contributed by atoms with Gasteiger partial charge in [0.2, 0.25) is 0 Å². The quantitative estimate of drug-likeness (QED) is 0.498. The molecule has 0 spiro atoms. The maximum absolute atomic E-state index is 11.7. The van der Waals surface area contributed by atoms with Gasteiger partial charge < -0.3 is 0 Å². The number of allylic oxidation sites excluding steroid dienone is 2. The number of carbonyl (C=O) groups excluding carboxylic acids is 1. The Morgan fingerprint density at radius 1 is 1.33 bits per heavy atom. The van der Waals surface area contributed by atoms with Gasteiger partial charge in [0.25, 0.3) is 0 Å². The third-order valence-corrected chi connectivity index (χ3v) is 4.23. The molecule has 0 aromatic heterocycles. The molecule has 0 radical (unpaired) electrons. The number of carbonyl (C=O) groups is 1. The van der Waals surface area contributed by atoms with Gasteiger partial charge in [0.05, 0.1) is 0 Å². The van der Waals surface area contributed by atoms with Crippen molar-refractivity contribution in [1.29, 1.82) is 0 Å². The smallest absolute Gasteiger partial charge is 0.142 e. The number of fused-ring (bicyclic) bond motifs is 5. The second-order valence-corrected chi connectivity index (χ2v) is 5.09. The predicted octanol–water partition coefficient (Wildman–Crippen LogP) is 2.03. The molecule has 2 fully saturated rings. The Balaban J connectivity index is 2.04. The third kappa shape index (κ3) is 0.502. The molecule has 0 aliphatic heterocycles. The number of hydrogen-bond acceptors (Lipinski definition) is 1. The molecule has 3 aliphatic carbocycles. The fourth-order valence-corrected chi connectivity index (χ4v) is 3.66. The molecule has 3 rings (SSSR count). The van der Waals surface area contributed by atoms with Gasteiger partial charge in [-0.3, -0.25) is 4.79 Å². The minimum Gasteiger partial charge on any atom is -0.299 e. The van der Waals surface area contributed by atoms with Crippen LogP contribution in [0.5, 0.6) is 0 Å². The van der Waals surface area contributed by atoms with E-state index in [4.69, 9.17) is 0 Å². The van der Waals surface area contributed by atoms with E-state index in [1.165, 1.54) is 6.42 Å². The zero-order valence-corrected chi connectivity index (χ0v) is 7.58. The van der Waals surface area contributed by atoms with Gasteiger partial charge in [-0.15, -0.1) is 0 Å². The third-order valence-electron chi connectivity index (χ3n) is 4.23. The van der Waals surface area contributed by atoms with Gasteiger partial charge in [0.1, 0.15) is 5.78 Å². The van der Waals surface area contributed by atoms with Crippen LogP contribution in [-0.2, 0) is 4.79 Å². The summed E-state index contributed by atoms with van der Waals surface area (Å²) in [5.74, 6) is 2.95. The van der Waals surface area contributed by atoms with Crippen LogP contribution in [0.2, 0.25) is 0 Å². The van der Waals surface area contributed by atoms with E-state index in [9.17, 15) is 4.79 Å². The Morgan fingerprint density at radius 2 is 2.00 bits per heavy atom. The largest absolute Gasteiger partial charge is 0.299 e. The number of ketones is 1. The highest BCUT2D eigenvalue weighted by molar-refractivity contribution is 5.94. The van der Waals surface area contributed by atoms with Crippen molar-refractivity contribution in [2.45, 2.75) is 20.3 Å². The highest BCUT2D eigenvalue weighted by atomic mass is 16.1. The van der Waals surface area contributed by atoms with E-state index in [0.29, 0.717) is 23.5 Å². The number of rotatable bonds is 0.